The molecule has 2 heteroatoms. The number of ether oxygens (including phenoxy) is 1. The molecule has 2 nitrogen and oxygen atoms in total. The molecule has 1 aliphatic heterocycles. The van der Waals surface area contributed by atoms with Crippen molar-refractivity contribution in [3.63, 3.8) is 0 Å². The lowest BCUT2D eigenvalue weighted by Crippen LogP contribution is -2.28. The molecular weight excluding hydrogens is 258 g/mol. The second-order valence-corrected chi connectivity index (χ2v) is 5.91. The fourth-order valence-electron chi connectivity index (χ4n) is 2.92. The average Bonchev–Trinajstić information content (AvgIpc) is 2.53. The summed E-state index contributed by atoms with van der Waals surface area (Å²) in [6.45, 7) is 6.18. The van der Waals surface area contributed by atoms with E-state index in [9.17, 15) is 0 Å². The molecule has 0 aliphatic carbocycles. The van der Waals surface area contributed by atoms with Crippen molar-refractivity contribution in [2.45, 2.75) is 32.2 Å². The van der Waals surface area contributed by atoms with E-state index in [-0.39, 0.29) is 0 Å². The molecule has 2 atom stereocenters. The first-order valence-electron chi connectivity index (χ1n) is 7.75. The maximum Gasteiger partial charge on any atom is 0.122 e. The van der Waals surface area contributed by atoms with Crippen molar-refractivity contribution in [1.29, 1.82) is 0 Å². The number of fused-ring (bicyclic) bond motifs is 1. The quantitative estimate of drug-likeness (QED) is 0.906. The normalized spacial score (nSPS) is 18.7. The molecule has 0 aromatic heterocycles. The van der Waals surface area contributed by atoms with E-state index in [0.29, 0.717) is 12.0 Å². The number of aryl methyl sites for hydroxylation is 1. The highest BCUT2D eigenvalue weighted by molar-refractivity contribution is 5.38. The summed E-state index contributed by atoms with van der Waals surface area (Å²) in [5, 5.41) is 3.67. The molecule has 1 unspecified atom stereocenters. The van der Waals surface area contributed by atoms with Crippen molar-refractivity contribution in [2.75, 3.05) is 13.2 Å². The van der Waals surface area contributed by atoms with Crippen LogP contribution in [0.5, 0.6) is 5.75 Å². The van der Waals surface area contributed by atoms with Gasteiger partial charge in [-0.1, -0.05) is 48.0 Å². The zero-order valence-electron chi connectivity index (χ0n) is 12.8. The zero-order chi connectivity index (χ0) is 14.7. The van der Waals surface area contributed by atoms with Gasteiger partial charge >= 0.3 is 0 Å². The molecule has 0 saturated carbocycles. The summed E-state index contributed by atoms with van der Waals surface area (Å²) < 4.78 is 5.73. The van der Waals surface area contributed by atoms with E-state index >= 15 is 0 Å². The second kappa shape index (κ2) is 6.31. The second-order valence-electron chi connectivity index (χ2n) is 5.91. The van der Waals surface area contributed by atoms with Crippen LogP contribution < -0.4 is 10.1 Å². The van der Waals surface area contributed by atoms with Gasteiger partial charge < -0.3 is 10.1 Å². The van der Waals surface area contributed by atoms with E-state index in [1.807, 2.05) is 6.07 Å². The fourth-order valence-corrected chi connectivity index (χ4v) is 2.92. The topological polar surface area (TPSA) is 21.3 Å². The molecule has 1 N–H and O–H groups in total. The van der Waals surface area contributed by atoms with Crippen LogP contribution in [0.4, 0.5) is 0 Å². The van der Waals surface area contributed by atoms with Crippen LogP contribution in [-0.4, -0.2) is 13.2 Å². The molecule has 0 radical (unpaired) electrons. The highest BCUT2D eigenvalue weighted by Crippen LogP contribution is 2.33. The van der Waals surface area contributed by atoms with Gasteiger partial charge in [0.05, 0.1) is 6.61 Å². The monoisotopic (exact) mass is 281 g/mol. The minimum absolute atomic E-state index is 0.376. The fraction of sp³-hybridized carbons (Fsp3) is 0.368. The molecule has 0 spiro atoms. The van der Waals surface area contributed by atoms with Crippen molar-refractivity contribution in [3.05, 3.63) is 65.2 Å². The number of rotatable bonds is 4. The van der Waals surface area contributed by atoms with E-state index in [1.54, 1.807) is 0 Å². The maximum atomic E-state index is 5.73. The van der Waals surface area contributed by atoms with Gasteiger partial charge in [-0.3, -0.25) is 0 Å². The molecule has 110 valence electrons. The summed E-state index contributed by atoms with van der Waals surface area (Å²) >= 11 is 0. The van der Waals surface area contributed by atoms with Crippen molar-refractivity contribution in [1.82, 2.24) is 5.32 Å². The number of benzene rings is 2. The predicted octanol–water partition coefficient (Wildman–Crippen LogP) is 4.21. The van der Waals surface area contributed by atoms with Gasteiger partial charge in [0.1, 0.15) is 5.75 Å². The first-order chi connectivity index (χ1) is 10.2. The Labute approximate surface area is 127 Å². The Morgan fingerprint density at radius 3 is 2.71 bits per heavy atom. The standard InChI is InChI=1S/C19H23NO/c1-14-7-9-16(10-8-14)15(2)20-13-17-11-12-21-19-6-4-3-5-18(17)19/h3-10,15,17,20H,11-13H2,1-2H3/t15-,17?/m0/s1. The molecule has 1 aliphatic rings. The Morgan fingerprint density at radius 1 is 1.14 bits per heavy atom. The molecule has 0 fully saturated rings. The SMILES string of the molecule is Cc1ccc([C@H](C)NCC2CCOc3ccccc32)cc1. The third-order valence-corrected chi connectivity index (χ3v) is 4.33. The predicted molar refractivity (Wildman–Crippen MR) is 86.9 cm³/mol. The van der Waals surface area contributed by atoms with Gasteiger partial charge in [-0.25, -0.2) is 0 Å². The van der Waals surface area contributed by atoms with Gasteiger partial charge in [0.15, 0.2) is 0 Å². The largest absolute Gasteiger partial charge is 0.493 e. The lowest BCUT2D eigenvalue weighted by atomic mass is 9.92. The summed E-state index contributed by atoms with van der Waals surface area (Å²) in [6, 6.07) is 17.6. The van der Waals surface area contributed by atoms with Crippen molar-refractivity contribution in [3.8, 4) is 5.75 Å². The molecule has 2 aromatic rings. The zero-order valence-corrected chi connectivity index (χ0v) is 12.8. The Hall–Kier alpha value is -1.80. The number of hydrogen-bond donors (Lipinski definition) is 1. The van der Waals surface area contributed by atoms with E-state index < -0.39 is 0 Å². The third kappa shape index (κ3) is 3.27. The lowest BCUT2D eigenvalue weighted by molar-refractivity contribution is 0.263. The van der Waals surface area contributed by atoms with Crippen LogP contribution >= 0.6 is 0 Å². The van der Waals surface area contributed by atoms with Crippen LogP contribution in [0.2, 0.25) is 0 Å². The van der Waals surface area contributed by atoms with Gasteiger partial charge in [-0.15, -0.1) is 0 Å². The van der Waals surface area contributed by atoms with Crippen LogP contribution in [0.25, 0.3) is 0 Å². The number of hydrogen-bond acceptors (Lipinski definition) is 2. The van der Waals surface area contributed by atoms with E-state index in [1.165, 1.54) is 16.7 Å². The molecule has 0 bridgehead atoms. The Bertz CT molecular complexity index is 591. The Morgan fingerprint density at radius 2 is 1.90 bits per heavy atom. The van der Waals surface area contributed by atoms with E-state index in [2.05, 4.69) is 61.6 Å². The van der Waals surface area contributed by atoms with Crippen molar-refractivity contribution in [2.24, 2.45) is 0 Å². The molecule has 2 aromatic carbocycles. The van der Waals surface area contributed by atoms with Crippen LogP contribution in [0.1, 0.15) is 42.0 Å². The molecule has 0 amide bonds. The smallest absolute Gasteiger partial charge is 0.122 e. The van der Waals surface area contributed by atoms with Crippen LogP contribution in [0.3, 0.4) is 0 Å². The minimum Gasteiger partial charge on any atom is -0.493 e. The molecule has 21 heavy (non-hydrogen) atoms. The maximum absolute atomic E-state index is 5.73. The molecular formula is C19H23NO. The lowest BCUT2D eigenvalue weighted by Gasteiger charge is -2.27. The van der Waals surface area contributed by atoms with Crippen LogP contribution in [0, 0.1) is 6.92 Å². The van der Waals surface area contributed by atoms with Gasteiger partial charge in [0.2, 0.25) is 0 Å². The highest BCUT2D eigenvalue weighted by atomic mass is 16.5. The third-order valence-electron chi connectivity index (χ3n) is 4.33. The van der Waals surface area contributed by atoms with Crippen LogP contribution in [-0.2, 0) is 0 Å². The molecule has 3 rings (SSSR count). The number of para-hydroxylation sites is 1. The molecule has 0 saturated heterocycles. The van der Waals surface area contributed by atoms with E-state index in [4.69, 9.17) is 4.74 Å². The van der Waals surface area contributed by atoms with Crippen molar-refractivity contribution >= 4 is 0 Å². The van der Waals surface area contributed by atoms with Crippen LogP contribution in [0.15, 0.2) is 48.5 Å². The molecule has 1 heterocycles. The van der Waals surface area contributed by atoms with Crippen molar-refractivity contribution < 1.29 is 4.74 Å². The summed E-state index contributed by atoms with van der Waals surface area (Å²) in [4.78, 5) is 0. The van der Waals surface area contributed by atoms with Gasteiger partial charge in [-0.2, -0.15) is 0 Å². The van der Waals surface area contributed by atoms with Gasteiger partial charge in [-0.05, 0) is 37.5 Å². The van der Waals surface area contributed by atoms with E-state index in [0.717, 1.165) is 25.3 Å². The highest BCUT2D eigenvalue weighted by Gasteiger charge is 2.21. The average molecular weight is 281 g/mol. The Balaban J connectivity index is 1.64. The number of nitrogens with one attached hydrogen (secondary N) is 1. The summed E-state index contributed by atoms with van der Waals surface area (Å²) in [5.74, 6) is 1.60. The van der Waals surface area contributed by atoms with Gasteiger partial charge in [0, 0.05) is 18.5 Å². The van der Waals surface area contributed by atoms with Gasteiger partial charge in [0.25, 0.3) is 0 Å². The summed E-state index contributed by atoms with van der Waals surface area (Å²) in [7, 11) is 0. The minimum atomic E-state index is 0.376. The first kappa shape index (κ1) is 14.2. The Kier molecular flexibility index (Phi) is 4.26. The first-order valence-corrected chi connectivity index (χ1v) is 7.75. The summed E-state index contributed by atoms with van der Waals surface area (Å²) in [5.41, 5.74) is 4.00. The summed E-state index contributed by atoms with van der Waals surface area (Å²) in [6.07, 6.45) is 1.09.